The first-order valence-corrected chi connectivity index (χ1v) is 8.99. The first-order valence-electron chi connectivity index (χ1n) is 8.61. The third-order valence-corrected chi connectivity index (χ3v) is 5.01. The number of non-ortho nitro benzene ring substituents is 1. The molecule has 1 unspecified atom stereocenters. The van der Waals surface area contributed by atoms with Crippen LogP contribution in [0.25, 0.3) is 0 Å². The van der Waals surface area contributed by atoms with E-state index in [-0.39, 0.29) is 17.8 Å². The van der Waals surface area contributed by atoms with Crippen LogP contribution in [0, 0.1) is 10.1 Å². The maximum Gasteiger partial charge on any atom is 0.325 e. The van der Waals surface area contributed by atoms with Crippen LogP contribution < -0.4 is 10.6 Å². The molecule has 0 aromatic heterocycles. The summed E-state index contributed by atoms with van der Waals surface area (Å²) in [7, 11) is 0. The van der Waals surface area contributed by atoms with E-state index in [2.05, 4.69) is 10.6 Å². The third-order valence-electron chi connectivity index (χ3n) is 4.64. The minimum absolute atomic E-state index is 0.143. The lowest BCUT2D eigenvalue weighted by Crippen LogP contribution is -2.43. The summed E-state index contributed by atoms with van der Waals surface area (Å²) in [6, 6.07) is 11.7. The maximum atomic E-state index is 12.9. The van der Waals surface area contributed by atoms with Crippen molar-refractivity contribution in [3.63, 3.8) is 0 Å². The highest BCUT2D eigenvalue weighted by Gasteiger charge is 2.49. The summed E-state index contributed by atoms with van der Waals surface area (Å²) in [4.78, 5) is 48.6. The number of nitrogens with zero attached hydrogens (tertiary/aromatic N) is 2. The van der Waals surface area contributed by atoms with Crippen molar-refractivity contribution in [2.75, 3.05) is 6.54 Å². The Morgan fingerprint density at radius 3 is 2.66 bits per heavy atom. The summed E-state index contributed by atoms with van der Waals surface area (Å²) in [6.07, 6.45) is 0. The fourth-order valence-corrected chi connectivity index (χ4v) is 3.20. The topological polar surface area (TPSA) is 122 Å². The van der Waals surface area contributed by atoms with Gasteiger partial charge in [-0.2, -0.15) is 0 Å². The second kappa shape index (κ2) is 7.88. The molecule has 9 nitrogen and oxygen atoms in total. The standard InChI is InChI=1S/C19H17ClN4O5/c1-19(13-6-4-7-14(9-13)24(28)29)17(26)23(18(27)22-19)11-16(25)21-10-12-5-2-3-8-15(12)20/h2-9H,10-11H2,1H3,(H,21,25)(H,22,27). The number of urea groups is 1. The van der Waals surface area contributed by atoms with Gasteiger partial charge in [-0.15, -0.1) is 0 Å². The van der Waals surface area contributed by atoms with Gasteiger partial charge in [0.25, 0.3) is 11.6 Å². The van der Waals surface area contributed by atoms with Crippen LogP contribution in [-0.4, -0.2) is 34.2 Å². The lowest BCUT2D eigenvalue weighted by atomic mass is 9.91. The molecule has 2 N–H and O–H groups in total. The quantitative estimate of drug-likeness (QED) is 0.425. The van der Waals surface area contributed by atoms with E-state index in [1.165, 1.54) is 31.2 Å². The number of carbonyl (C=O) groups is 3. The lowest BCUT2D eigenvalue weighted by molar-refractivity contribution is -0.385. The average Bonchev–Trinajstić information content (AvgIpc) is 2.91. The van der Waals surface area contributed by atoms with Crippen molar-refractivity contribution in [3.05, 3.63) is 74.8 Å². The number of hydrogen-bond acceptors (Lipinski definition) is 5. The summed E-state index contributed by atoms with van der Waals surface area (Å²) >= 11 is 6.04. The van der Waals surface area contributed by atoms with Gasteiger partial charge in [-0.25, -0.2) is 4.79 Å². The summed E-state index contributed by atoms with van der Waals surface area (Å²) in [5.41, 5.74) is -0.765. The van der Waals surface area contributed by atoms with E-state index in [9.17, 15) is 24.5 Å². The highest BCUT2D eigenvalue weighted by atomic mass is 35.5. The molecule has 0 aliphatic carbocycles. The smallest absolute Gasteiger partial charge is 0.325 e. The van der Waals surface area contributed by atoms with Gasteiger partial charge < -0.3 is 10.6 Å². The number of hydrogen-bond donors (Lipinski definition) is 2. The van der Waals surface area contributed by atoms with Crippen LogP contribution in [-0.2, 0) is 21.7 Å². The van der Waals surface area contributed by atoms with Crippen molar-refractivity contribution in [3.8, 4) is 0 Å². The number of rotatable bonds is 6. The van der Waals surface area contributed by atoms with Crippen molar-refractivity contribution in [2.24, 2.45) is 0 Å². The zero-order valence-corrected chi connectivity index (χ0v) is 16.1. The molecular weight excluding hydrogens is 400 g/mol. The largest absolute Gasteiger partial charge is 0.350 e. The number of nitrogens with one attached hydrogen (secondary N) is 2. The SMILES string of the molecule is CC1(c2cccc([N+](=O)[O-])c2)NC(=O)N(CC(=O)NCc2ccccc2Cl)C1=O. The number of amides is 4. The first kappa shape index (κ1) is 20.3. The molecule has 0 bridgehead atoms. The molecule has 10 heteroatoms. The number of imide groups is 1. The van der Waals surface area contributed by atoms with E-state index >= 15 is 0 Å². The molecule has 0 saturated carbocycles. The summed E-state index contributed by atoms with van der Waals surface area (Å²) in [6.45, 7) is 1.10. The van der Waals surface area contributed by atoms with Crippen LogP contribution in [0.3, 0.4) is 0 Å². The Hall–Kier alpha value is -3.46. The van der Waals surface area contributed by atoms with E-state index in [1.807, 2.05) is 0 Å². The van der Waals surface area contributed by atoms with Crippen molar-refractivity contribution < 1.29 is 19.3 Å². The van der Waals surface area contributed by atoms with Crippen molar-refractivity contribution >= 4 is 35.1 Å². The minimum atomic E-state index is -1.51. The van der Waals surface area contributed by atoms with E-state index in [0.717, 1.165) is 4.90 Å². The normalized spacial score (nSPS) is 18.5. The molecule has 3 rings (SSSR count). The molecule has 1 aliphatic rings. The lowest BCUT2D eigenvalue weighted by Gasteiger charge is -2.22. The molecule has 1 atom stereocenters. The zero-order chi connectivity index (χ0) is 21.2. The Morgan fingerprint density at radius 1 is 1.24 bits per heavy atom. The van der Waals surface area contributed by atoms with E-state index < -0.39 is 34.9 Å². The average molecular weight is 417 g/mol. The number of nitro benzene ring substituents is 1. The van der Waals surface area contributed by atoms with Gasteiger partial charge in [-0.3, -0.25) is 24.6 Å². The minimum Gasteiger partial charge on any atom is -0.350 e. The molecule has 4 amide bonds. The van der Waals surface area contributed by atoms with E-state index in [1.54, 1.807) is 24.3 Å². The van der Waals surface area contributed by atoms with Crippen LogP contribution in [0.4, 0.5) is 10.5 Å². The van der Waals surface area contributed by atoms with Gasteiger partial charge in [0.15, 0.2) is 0 Å². The Kier molecular flexibility index (Phi) is 5.51. The van der Waals surface area contributed by atoms with Gasteiger partial charge in [0.2, 0.25) is 5.91 Å². The molecule has 2 aromatic carbocycles. The van der Waals surface area contributed by atoms with Gasteiger partial charge in [-0.05, 0) is 24.1 Å². The number of nitro groups is 1. The molecule has 1 heterocycles. The third kappa shape index (κ3) is 4.04. The molecule has 1 fully saturated rings. The Balaban J connectivity index is 1.71. The summed E-state index contributed by atoms with van der Waals surface area (Å²) < 4.78 is 0. The Morgan fingerprint density at radius 2 is 1.97 bits per heavy atom. The van der Waals surface area contributed by atoms with E-state index in [0.29, 0.717) is 10.6 Å². The van der Waals surface area contributed by atoms with Crippen LogP contribution >= 0.6 is 11.6 Å². The molecule has 29 heavy (non-hydrogen) atoms. The highest BCUT2D eigenvalue weighted by Crippen LogP contribution is 2.30. The monoisotopic (exact) mass is 416 g/mol. The number of benzene rings is 2. The fourth-order valence-electron chi connectivity index (χ4n) is 3.00. The molecule has 0 spiro atoms. The Bertz CT molecular complexity index is 1010. The van der Waals surface area contributed by atoms with Crippen LogP contribution in [0.15, 0.2) is 48.5 Å². The Labute approximate surface area is 170 Å². The van der Waals surface area contributed by atoms with Crippen LogP contribution in [0.1, 0.15) is 18.1 Å². The fraction of sp³-hybridized carbons (Fsp3) is 0.211. The van der Waals surface area contributed by atoms with Crippen molar-refractivity contribution in [1.82, 2.24) is 15.5 Å². The molecular formula is C19H17ClN4O5. The van der Waals surface area contributed by atoms with Crippen LogP contribution in [0.2, 0.25) is 5.02 Å². The van der Waals surface area contributed by atoms with Gasteiger partial charge in [0.05, 0.1) is 4.92 Å². The maximum absolute atomic E-state index is 12.9. The molecule has 1 saturated heterocycles. The van der Waals surface area contributed by atoms with Gasteiger partial charge in [0.1, 0.15) is 12.1 Å². The van der Waals surface area contributed by atoms with Gasteiger partial charge in [0, 0.05) is 23.7 Å². The van der Waals surface area contributed by atoms with Crippen LogP contribution in [0.5, 0.6) is 0 Å². The second-order valence-electron chi connectivity index (χ2n) is 6.62. The zero-order valence-electron chi connectivity index (χ0n) is 15.3. The van der Waals surface area contributed by atoms with Gasteiger partial charge >= 0.3 is 6.03 Å². The predicted molar refractivity (Wildman–Crippen MR) is 104 cm³/mol. The van der Waals surface area contributed by atoms with Crippen molar-refractivity contribution in [2.45, 2.75) is 19.0 Å². The molecule has 150 valence electrons. The summed E-state index contributed by atoms with van der Waals surface area (Å²) in [5, 5.41) is 16.6. The summed E-state index contributed by atoms with van der Waals surface area (Å²) in [5.74, 6) is -1.22. The van der Waals surface area contributed by atoms with Gasteiger partial charge in [-0.1, -0.05) is 41.9 Å². The van der Waals surface area contributed by atoms with E-state index in [4.69, 9.17) is 11.6 Å². The van der Waals surface area contributed by atoms with Crippen molar-refractivity contribution in [1.29, 1.82) is 0 Å². The number of halogens is 1. The molecule has 2 aromatic rings. The first-order chi connectivity index (χ1) is 13.7. The molecule has 0 radical (unpaired) electrons. The second-order valence-corrected chi connectivity index (χ2v) is 7.03. The highest BCUT2D eigenvalue weighted by molar-refractivity contribution is 6.31. The molecule has 1 aliphatic heterocycles. The number of carbonyl (C=O) groups excluding carboxylic acids is 3. The predicted octanol–water partition coefficient (Wildman–Crippen LogP) is 2.33.